The highest BCUT2D eigenvalue weighted by Crippen LogP contribution is 2.25. The van der Waals surface area contributed by atoms with E-state index in [0.29, 0.717) is 0 Å². The SMILES string of the molecule is c1ccc2[nH]c(-c3cccc4nonc34)nc2c1. The minimum absolute atomic E-state index is 0.719. The number of benzene rings is 2. The van der Waals surface area contributed by atoms with Crippen molar-refractivity contribution in [3.63, 3.8) is 0 Å². The largest absolute Gasteiger partial charge is 0.338 e. The fraction of sp³-hybridized carbons (Fsp3) is 0. The number of hydrogen-bond donors (Lipinski definition) is 1. The fourth-order valence-corrected chi connectivity index (χ4v) is 2.08. The van der Waals surface area contributed by atoms with Crippen molar-refractivity contribution in [2.24, 2.45) is 0 Å². The van der Waals surface area contributed by atoms with Crippen LogP contribution in [-0.4, -0.2) is 20.3 Å². The van der Waals surface area contributed by atoms with Crippen LogP contribution in [0.3, 0.4) is 0 Å². The molecular weight excluding hydrogens is 228 g/mol. The summed E-state index contributed by atoms with van der Waals surface area (Å²) in [5, 5.41) is 7.75. The first-order valence-electron chi connectivity index (χ1n) is 5.58. The van der Waals surface area contributed by atoms with Gasteiger partial charge in [0.25, 0.3) is 0 Å². The highest BCUT2D eigenvalue weighted by Gasteiger charge is 2.11. The lowest BCUT2D eigenvalue weighted by Crippen LogP contribution is -1.82. The van der Waals surface area contributed by atoms with E-state index in [0.717, 1.165) is 33.5 Å². The Hall–Kier alpha value is -2.69. The smallest absolute Gasteiger partial charge is 0.146 e. The first-order chi connectivity index (χ1) is 8.92. The third-order valence-corrected chi connectivity index (χ3v) is 2.93. The van der Waals surface area contributed by atoms with E-state index in [1.165, 1.54) is 0 Å². The van der Waals surface area contributed by atoms with Crippen LogP contribution < -0.4 is 0 Å². The Morgan fingerprint density at radius 3 is 2.72 bits per heavy atom. The van der Waals surface area contributed by atoms with Crippen molar-refractivity contribution < 1.29 is 4.63 Å². The van der Waals surface area contributed by atoms with Gasteiger partial charge in [-0.3, -0.25) is 0 Å². The van der Waals surface area contributed by atoms with Crippen molar-refractivity contribution in [2.75, 3.05) is 0 Å². The number of para-hydroxylation sites is 2. The molecule has 0 radical (unpaired) electrons. The molecule has 4 aromatic rings. The van der Waals surface area contributed by atoms with Crippen LogP contribution in [-0.2, 0) is 0 Å². The summed E-state index contributed by atoms with van der Waals surface area (Å²) in [6.45, 7) is 0. The maximum Gasteiger partial charge on any atom is 0.146 e. The molecule has 18 heavy (non-hydrogen) atoms. The summed E-state index contributed by atoms with van der Waals surface area (Å²) in [6.07, 6.45) is 0. The van der Waals surface area contributed by atoms with Gasteiger partial charge in [0.05, 0.1) is 11.0 Å². The molecule has 0 aliphatic rings. The van der Waals surface area contributed by atoms with Crippen LogP contribution in [0.4, 0.5) is 0 Å². The molecule has 0 aliphatic carbocycles. The van der Waals surface area contributed by atoms with Crippen LogP contribution in [0.15, 0.2) is 47.1 Å². The lowest BCUT2D eigenvalue weighted by molar-refractivity contribution is 0.315. The predicted octanol–water partition coefficient (Wildman–Crippen LogP) is 2.77. The van der Waals surface area contributed by atoms with Crippen LogP contribution in [0.25, 0.3) is 33.5 Å². The molecule has 0 saturated heterocycles. The van der Waals surface area contributed by atoms with E-state index in [9.17, 15) is 0 Å². The lowest BCUT2D eigenvalue weighted by Gasteiger charge is -1.95. The number of aromatic nitrogens is 4. The number of hydrogen-bond acceptors (Lipinski definition) is 4. The van der Waals surface area contributed by atoms with Gasteiger partial charge >= 0.3 is 0 Å². The summed E-state index contributed by atoms with van der Waals surface area (Å²) < 4.78 is 4.76. The molecule has 2 aromatic heterocycles. The van der Waals surface area contributed by atoms with Crippen molar-refractivity contribution in [3.05, 3.63) is 42.5 Å². The van der Waals surface area contributed by atoms with E-state index in [2.05, 4.69) is 20.3 Å². The molecule has 0 bridgehead atoms. The van der Waals surface area contributed by atoms with Crippen LogP contribution in [0.2, 0.25) is 0 Å². The van der Waals surface area contributed by atoms with E-state index in [4.69, 9.17) is 4.63 Å². The van der Waals surface area contributed by atoms with Crippen molar-refractivity contribution in [2.45, 2.75) is 0 Å². The summed E-state index contributed by atoms with van der Waals surface area (Å²) >= 11 is 0. The van der Waals surface area contributed by atoms with Crippen molar-refractivity contribution in [1.29, 1.82) is 0 Å². The summed E-state index contributed by atoms with van der Waals surface area (Å²) in [5.41, 5.74) is 4.27. The second kappa shape index (κ2) is 3.40. The highest BCUT2D eigenvalue weighted by molar-refractivity contribution is 5.91. The molecule has 0 atom stereocenters. The molecule has 5 heteroatoms. The molecule has 1 N–H and O–H groups in total. The maximum absolute atomic E-state index is 4.76. The van der Waals surface area contributed by atoms with Crippen LogP contribution in [0.5, 0.6) is 0 Å². The molecule has 5 nitrogen and oxygen atoms in total. The second-order valence-corrected chi connectivity index (χ2v) is 4.04. The number of fused-ring (bicyclic) bond motifs is 2. The van der Waals surface area contributed by atoms with E-state index in [1.54, 1.807) is 0 Å². The standard InChI is InChI=1S/C13H8N4O/c1-2-6-10-9(5-1)14-13(15-10)8-4-3-7-11-12(8)17-18-16-11/h1-7H,(H,14,15). The van der Waals surface area contributed by atoms with E-state index >= 15 is 0 Å². The van der Waals surface area contributed by atoms with Gasteiger partial charge in [-0.2, -0.15) is 0 Å². The Morgan fingerprint density at radius 1 is 0.889 bits per heavy atom. The first-order valence-corrected chi connectivity index (χ1v) is 5.58. The molecule has 4 rings (SSSR count). The van der Waals surface area contributed by atoms with Crippen LogP contribution in [0, 0.1) is 0 Å². The topological polar surface area (TPSA) is 67.6 Å². The summed E-state index contributed by atoms with van der Waals surface area (Å²) in [6, 6.07) is 13.6. The van der Waals surface area contributed by atoms with Crippen molar-refractivity contribution in [1.82, 2.24) is 20.3 Å². The van der Waals surface area contributed by atoms with Gasteiger partial charge in [0.2, 0.25) is 0 Å². The van der Waals surface area contributed by atoms with Gasteiger partial charge in [0.15, 0.2) is 0 Å². The number of imidazole rings is 1. The van der Waals surface area contributed by atoms with Gasteiger partial charge in [0, 0.05) is 5.56 Å². The van der Waals surface area contributed by atoms with Crippen LogP contribution >= 0.6 is 0 Å². The number of nitrogens with one attached hydrogen (secondary N) is 1. The Labute approximate surface area is 101 Å². The average Bonchev–Trinajstić information content (AvgIpc) is 3.04. The Kier molecular flexibility index (Phi) is 1.77. The average molecular weight is 236 g/mol. The van der Waals surface area contributed by atoms with Gasteiger partial charge in [0.1, 0.15) is 16.9 Å². The Balaban J connectivity index is 2.04. The maximum atomic E-state index is 4.76. The zero-order chi connectivity index (χ0) is 11.9. The first kappa shape index (κ1) is 9.35. The molecule has 0 aliphatic heterocycles. The van der Waals surface area contributed by atoms with Crippen molar-refractivity contribution in [3.8, 4) is 11.4 Å². The van der Waals surface area contributed by atoms with Crippen molar-refractivity contribution >= 4 is 22.1 Å². The van der Waals surface area contributed by atoms with E-state index in [1.807, 2.05) is 42.5 Å². The third-order valence-electron chi connectivity index (χ3n) is 2.93. The van der Waals surface area contributed by atoms with E-state index < -0.39 is 0 Å². The van der Waals surface area contributed by atoms with Gasteiger partial charge in [-0.25, -0.2) is 9.61 Å². The Morgan fingerprint density at radius 2 is 1.78 bits per heavy atom. The second-order valence-electron chi connectivity index (χ2n) is 4.04. The number of rotatable bonds is 1. The van der Waals surface area contributed by atoms with Gasteiger partial charge in [-0.1, -0.05) is 18.2 Å². The molecule has 0 saturated carbocycles. The molecule has 86 valence electrons. The monoisotopic (exact) mass is 236 g/mol. The third kappa shape index (κ3) is 1.24. The summed E-state index contributed by atoms with van der Waals surface area (Å²) in [4.78, 5) is 7.82. The molecule has 0 unspecified atom stereocenters. The zero-order valence-electron chi connectivity index (χ0n) is 9.29. The number of H-pyrrole nitrogens is 1. The number of nitrogens with zero attached hydrogens (tertiary/aromatic N) is 3. The molecule has 2 heterocycles. The number of aromatic amines is 1. The summed E-state index contributed by atoms with van der Waals surface area (Å²) in [7, 11) is 0. The van der Waals surface area contributed by atoms with Crippen LogP contribution in [0.1, 0.15) is 0 Å². The highest BCUT2D eigenvalue weighted by atomic mass is 16.6. The van der Waals surface area contributed by atoms with Gasteiger partial charge < -0.3 is 4.98 Å². The van der Waals surface area contributed by atoms with Gasteiger partial charge in [-0.15, -0.1) is 0 Å². The predicted molar refractivity (Wildman–Crippen MR) is 66.9 cm³/mol. The molecule has 0 amide bonds. The fourth-order valence-electron chi connectivity index (χ4n) is 2.08. The minimum atomic E-state index is 0.719. The normalized spacial score (nSPS) is 11.3. The Bertz CT molecular complexity index is 813. The van der Waals surface area contributed by atoms with Gasteiger partial charge in [-0.05, 0) is 34.6 Å². The lowest BCUT2D eigenvalue weighted by atomic mass is 10.2. The van der Waals surface area contributed by atoms with E-state index in [-0.39, 0.29) is 0 Å². The summed E-state index contributed by atoms with van der Waals surface area (Å²) in [5.74, 6) is 0.775. The molecular formula is C13H8N4O. The zero-order valence-corrected chi connectivity index (χ0v) is 9.29. The molecule has 0 spiro atoms. The molecule has 0 fully saturated rings. The molecule has 2 aromatic carbocycles. The minimum Gasteiger partial charge on any atom is -0.338 e. The quantitative estimate of drug-likeness (QED) is 0.551.